The SMILES string of the molecule is COc1ccc2ccccc2c1-c1c(S(=O)Cl)ccc2ccccc12. The number of halogens is 1. The maximum Gasteiger partial charge on any atom is 0.148 e. The van der Waals surface area contributed by atoms with Gasteiger partial charge in [0.1, 0.15) is 15.8 Å². The quantitative estimate of drug-likeness (QED) is 0.420. The van der Waals surface area contributed by atoms with Gasteiger partial charge in [0.25, 0.3) is 0 Å². The Hall–Kier alpha value is -2.36. The maximum atomic E-state index is 12.3. The molecule has 4 heteroatoms. The number of ether oxygens (including phenoxy) is 1. The van der Waals surface area contributed by atoms with E-state index in [1.54, 1.807) is 7.11 Å². The first-order chi connectivity index (χ1) is 12.2. The van der Waals surface area contributed by atoms with Gasteiger partial charge in [-0.15, -0.1) is 0 Å². The molecule has 0 saturated heterocycles. The molecule has 0 heterocycles. The van der Waals surface area contributed by atoms with Crippen LogP contribution in [0.4, 0.5) is 0 Å². The second-order valence-electron chi connectivity index (χ2n) is 5.75. The van der Waals surface area contributed by atoms with Crippen LogP contribution < -0.4 is 4.74 Å². The summed E-state index contributed by atoms with van der Waals surface area (Å²) in [7, 11) is 6.05. The Morgan fingerprint density at radius 2 is 1.32 bits per heavy atom. The standard InChI is InChI=1S/C21H15ClO2S/c1-24-18-12-10-14-6-2-4-8-16(14)20(18)21-17-9-5-3-7-15(17)11-13-19(21)25(22)23/h2-13H,1H3. The molecule has 0 spiro atoms. The topological polar surface area (TPSA) is 26.3 Å². The Balaban J connectivity index is 2.24. The molecule has 0 radical (unpaired) electrons. The predicted octanol–water partition coefficient (Wildman–Crippen LogP) is 5.93. The zero-order valence-electron chi connectivity index (χ0n) is 13.5. The van der Waals surface area contributed by atoms with E-state index in [1.807, 2.05) is 60.7 Å². The molecule has 4 aromatic rings. The van der Waals surface area contributed by atoms with Crippen molar-refractivity contribution in [2.45, 2.75) is 4.90 Å². The second-order valence-corrected chi connectivity index (χ2v) is 7.47. The predicted molar refractivity (Wildman–Crippen MR) is 106 cm³/mol. The van der Waals surface area contributed by atoms with Crippen LogP contribution in [0.25, 0.3) is 32.7 Å². The number of methoxy groups -OCH3 is 1. The third kappa shape index (κ3) is 2.70. The first-order valence-electron chi connectivity index (χ1n) is 7.86. The first-order valence-corrected chi connectivity index (χ1v) is 9.84. The highest BCUT2D eigenvalue weighted by Crippen LogP contribution is 2.43. The highest BCUT2D eigenvalue weighted by atomic mass is 35.7. The molecule has 0 aliphatic heterocycles. The summed E-state index contributed by atoms with van der Waals surface area (Å²) in [5.41, 5.74) is 1.78. The zero-order valence-corrected chi connectivity index (χ0v) is 15.1. The highest BCUT2D eigenvalue weighted by Gasteiger charge is 2.19. The van der Waals surface area contributed by atoms with Gasteiger partial charge in [-0.2, -0.15) is 0 Å². The Morgan fingerprint density at radius 1 is 0.760 bits per heavy atom. The lowest BCUT2D eigenvalue weighted by Gasteiger charge is -2.17. The van der Waals surface area contributed by atoms with E-state index < -0.39 is 10.0 Å². The number of benzene rings is 4. The van der Waals surface area contributed by atoms with Crippen molar-refractivity contribution in [2.75, 3.05) is 7.11 Å². The summed E-state index contributed by atoms with van der Waals surface area (Å²) in [5, 5.41) is 4.21. The van der Waals surface area contributed by atoms with Crippen LogP contribution in [0, 0.1) is 0 Å². The lowest BCUT2D eigenvalue weighted by atomic mass is 9.93. The van der Waals surface area contributed by atoms with Crippen molar-refractivity contribution in [3.63, 3.8) is 0 Å². The fraction of sp³-hybridized carbons (Fsp3) is 0.0476. The van der Waals surface area contributed by atoms with Crippen molar-refractivity contribution >= 4 is 42.2 Å². The molecule has 124 valence electrons. The van der Waals surface area contributed by atoms with E-state index in [9.17, 15) is 4.21 Å². The van der Waals surface area contributed by atoms with E-state index in [0.717, 1.165) is 38.4 Å². The molecule has 4 aromatic carbocycles. The Morgan fingerprint density at radius 3 is 1.92 bits per heavy atom. The average Bonchev–Trinajstić information content (AvgIpc) is 2.66. The molecule has 1 unspecified atom stereocenters. The minimum absolute atomic E-state index is 0.593. The van der Waals surface area contributed by atoms with Gasteiger partial charge in [0.05, 0.1) is 12.0 Å². The molecule has 0 N–H and O–H groups in total. The molecular formula is C21H15ClO2S. The van der Waals surface area contributed by atoms with Gasteiger partial charge in [0.2, 0.25) is 0 Å². The fourth-order valence-corrected chi connectivity index (χ4v) is 4.26. The molecule has 0 aromatic heterocycles. The van der Waals surface area contributed by atoms with Crippen molar-refractivity contribution in [3.05, 3.63) is 72.8 Å². The molecule has 0 fully saturated rings. The van der Waals surface area contributed by atoms with Crippen LogP contribution in [0.2, 0.25) is 0 Å². The summed E-state index contributed by atoms with van der Waals surface area (Å²) in [6, 6.07) is 23.9. The monoisotopic (exact) mass is 366 g/mol. The molecule has 4 rings (SSSR count). The van der Waals surface area contributed by atoms with Gasteiger partial charge < -0.3 is 4.74 Å². The van der Waals surface area contributed by atoms with Crippen LogP contribution in [-0.4, -0.2) is 11.3 Å². The molecule has 0 aliphatic carbocycles. The molecule has 1 atom stereocenters. The lowest BCUT2D eigenvalue weighted by molar-refractivity contribution is 0.417. The van der Waals surface area contributed by atoms with Crippen LogP contribution in [0.1, 0.15) is 0 Å². The molecule has 25 heavy (non-hydrogen) atoms. The number of hydrogen-bond donors (Lipinski definition) is 0. The van der Waals surface area contributed by atoms with Crippen molar-refractivity contribution < 1.29 is 8.95 Å². The smallest absolute Gasteiger partial charge is 0.148 e. The maximum absolute atomic E-state index is 12.3. The Kier molecular flexibility index (Phi) is 4.20. The lowest BCUT2D eigenvalue weighted by Crippen LogP contribution is -1.95. The Labute approximate surface area is 153 Å². The average molecular weight is 367 g/mol. The summed E-state index contributed by atoms with van der Waals surface area (Å²) in [6.07, 6.45) is 0. The first kappa shape index (κ1) is 16.1. The van der Waals surface area contributed by atoms with E-state index in [-0.39, 0.29) is 0 Å². The van der Waals surface area contributed by atoms with Crippen molar-refractivity contribution in [1.82, 2.24) is 0 Å². The fourth-order valence-electron chi connectivity index (χ4n) is 3.32. The summed E-state index contributed by atoms with van der Waals surface area (Å²) < 4.78 is 17.9. The van der Waals surface area contributed by atoms with Crippen LogP contribution in [0.3, 0.4) is 0 Å². The van der Waals surface area contributed by atoms with E-state index >= 15 is 0 Å². The van der Waals surface area contributed by atoms with Crippen LogP contribution >= 0.6 is 10.7 Å². The molecule has 0 bridgehead atoms. The van der Waals surface area contributed by atoms with Gasteiger partial charge >= 0.3 is 0 Å². The summed E-state index contributed by atoms with van der Waals surface area (Å²) in [5.74, 6) is 0.735. The van der Waals surface area contributed by atoms with Crippen LogP contribution in [0.5, 0.6) is 5.75 Å². The third-order valence-corrected chi connectivity index (χ3v) is 5.61. The number of fused-ring (bicyclic) bond motifs is 2. The molecule has 0 saturated carbocycles. The molecule has 0 amide bonds. The van der Waals surface area contributed by atoms with Crippen molar-refractivity contribution in [3.8, 4) is 16.9 Å². The summed E-state index contributed by atoms with van der Waals surface area (Å²) in [4.78, 5) is 0.593. The molecule has 2 nitrogen and oxygen atoms in total. The van der Waals surface area contributed by atoms with Gasteiger partial charge in [-0.25, -0.2) is 4.21 Å². The van der Waals surface area contributed by atoms with Crippen LogP contribution in [-0.2, 0) is 10.0 Å². The summed E-state index contributed by atoms with van der Waals surface area (Å²) in [6.45, 7) is 0. The zero-order chi connectivity index (χ0) is 17.4. The molecule has 0 aliphatic rings. The second kappa shape index (κ2) is 6.51. The normalized spacial score (nSPS) is 12.4. The van der Waals surface area contributed by atoms with Crippen molar-refractivity contribution in [2.24, 2.45) is 0 Å². The number of rotatable bonds is 3. The number of hydrogen-bond acceptors (Lipinski definition) is 2. The van der Waals surface area contributed by atoms with E-state index in [4.69, 9.17) is 15.4 Å². The third-order valence-electron chi connectivity index (χ3n) is 4.42. The highest BCUT2D eigenvalue weighted by molar-refractivity contribution is 8.08. The van der Waals surface area contributed by atoms with Gasteiger partial charge in [0.15, 0.2) is 0 Å². The van der Waals surface area contributed by atoms with Gasteiger partial charge in [-0.1, -0.05) is 60.7 Å². The van der Waals surface area contributed by atoms with Crippen LogP contribution in [0.15, 0.2) is 77.7 Å². The summed E-state index contributed by atoms with van der Waals surface area (Å²) >= 11 is 0. The van der Waals surface area contributed by atoms with Gasteiger partial charge in [-0.3, -0.25) is 0 Å². The largest absolute Gasteiger partial charge is 0.496 e. The minimum Gasteiger partial charge on any atom is -0.496 e. The van der Waals surface area contributed by atoms with E-state index in [0.29, 0.717) is 4.90 Å². The van der Waals surface area contributed by atoms with Crippen molar-refractivity contribution in [1.29, 1.82) is 0 Å². The Bertz CT molecular complexity index is 1120. The van der Waals surface area contributed by atoms with Gasteiger partial charge in [-0.05, 0) is 44.4 Å². The van der Waals surface area contributed by atoms with E-state index in [1.165, 1.54) is 0 Å². The minimum atomic E-state index is -1.63. The van der Waals surface area contributed by atoms with Gasteiger partial charge in [0, 0.05) is 11.1 Å². The van der Waals surface area contributed by atoms with E-state index in [2.05, 4.69) is 12.1 Å². The molecular weight excluding hydrogens is 352 g/mol.